The van der Waals surface area contributed by atoms with Crippen molar-refractivity contribution in [2.24, 2.45) is 5.10 Å². The zero-order valence-electron chi connectivity index (χ0n) is 15.3. The number of nitrogens with one attached hydrogen (secondary N) is 2. The standard InChI is InChI=1S/C20H18N4O3S/c1-13-4-3-5-14(2)19(13)22-20(28)23-21-12-17-10-11-18(27-17)15-6-8-16(9-7-15)24(25)26/h3-12H,1-2H3,(H2,22,23,28)/b21-12+. The summed E-state index contributed by atoms with van der Waals surface area (Å²) in [6.07, 6.45) is 1.51. The molecular formula is C20H18N4O3S. The number of nitrogens with zero attached hydrogens (tertiary/aromatic N) is 2. The number of anilines is 1. The van der Waals surface area contributed by atoms with Gasteiger partial charge >= 0.3 is 0 Å². The number of hydrogen-bond donors (Lipinski definition) is 2. The van der Waals surface area contributed by atoms with Crippen LogP contribution in [-0.2, 0) is 0 Å². The monoisotopic (exact) mass is 394 g/mol. The molecule has 8 heteroatoms. The first-order valence-electron chi connectivity index (χ1n) is 8.45. The zero-order valence-corrected chi connectivity index (χ0v) is 16.1. The van der Waals surface area contributed by atoms with E-state index in [1.165, 1.54) is 18.3 Å². The quantitative estimate of drug-likeness (QED) is 0.280. The summed E-state index contributed by atoms with van der Waals surface area (Å²) in [5.41, 5.74) is 6.66. The number of rotatable bonds is 5. The maximum Gasteiger partial charge on any atom is 0.269 e. The molecule has 0 saturated carbocycles. The minimum Gasteiger partial charge on any atom is -0.455 e. The maximum absolute atomic E-state index is 10.7. The van der Waals surface area contributed by atoms with E-state index in [9.17, 15) is 10.1 Å². The Kier molecular flexibility index (Phi) is 5.81. The Morgan fingerprint density at radius 1 is 1.11 bits per heavy atom. The van der Waals surface area contributed by atoms with Crippen LogP contribution in [0, 0.1) is 24.0 Å². The smallest absolute Gasteiger partial charge is 0.269 e. The Balaban J connectivity index is 1.61. The molecule has 3 rings (SSSR count). The normalized spacial score (nSPS) is 10.8. The number of nitro benzene ring substituents is 1. The van der Waals surface area contributed by atoms with Gasteiger partial charge in [-0.2, -0.15) is 5.10 Å². The van der Waals surface area contributed by atoms with E-state index < -0.39 is 4.92 Å². The number of thiocarbonyl (C=S) groups is 1. The van der Waals surface area contributed by atoms with Gasteiger partial charge in [0.2, 0.25) is 0 Å². The van der Waals surface area contributed by atoms with Gasteiger partial charge in [-0.1, -0.05) is 18.2 Å². The molecule has 2 aromatic carbocycles. The topological polar surface area (TPSA) is 92.7 Å². The van der Waals surface area contributed by atoms with Crippen LogP contribution in [-0.4, -0.2) is 16.3 Å². The molecule has 0 amide bonds. The van der Waals surface area contributed by atoms with Crippen LogP contribution in [0.2, 0.25) is 0 Å². The molecule has 2 N–H and O–H groups in total. The van der Waals surface area contributed by atoms with Crippen molar-refractivity contribution in [1.82, 2.24) is 5.43 Å². The Hall–Kier alpha value is -3.52. The first kappa shape index (κ1) is 19.2. The predicted molar refractivity (Wildman–Crippen MR) is 114 cm³/mol. The largest absolute Gasteiger partial charge is 0.455 e. The predicted octanol–water partition coefficient (Wildman–Crippen LogP) is 4.79. The highest BCUT2D eigenvalue weighted by atomic mass is 32.1. The number of para-hydroxylation sites is 1. The highest BCUT2D eigenvalue weighted by Gasteiger charge is 2.08. The van der Waals surface area contributed by atoms with E-state index in [1.807, 2.05) is 32.0 Å². The first-order chi connectivity index (χ1) is 13.4. The summed E-state index contributed by atoms with van der Waals surface area (Å²) in [6.45, 7) is 4.01. The summed E-state index contributed by atoms with van der Waals surface area (Å²) in [6, 6.07) is 15.7. The fraction of sp³-hybridized carbons (Fsp3) is 0.100. The van der Waals surface area contributed by atoms with Crippen LogP contribution in [0.4, 0.5) is 11.4 Å². The Labute approximate surface area is 167 Å². The van der Waals surface area contributed by atoms with Crippen LogP contribution >= 0.6 is 12.2 Å². The summed E-state index contributed by atoms with van der Waals surface area (Å²) >= 11 is 5.26. The molecule has 0 unspecified atom stereocenters. The third-order valence-electron chi connectivity index (χ3n) is 4.07. The molecule has 0 spiro atoms. The van der Waals surface area contributed by atoms with Crippen LogP contribution in [0.25, 0.3) is 11.3 Å². The van der Waals surface area contributed by atoms with Crippen LogP contribution in [0.3, 0.4) is 0 Å². The molecule has 7 nitrogen and oxygen atoms in total. The summed E-state index contributed by atoms with van der Waals surface area (Å²) in [5.74, 6) is 1.11. The number of hydrazone groups is 1. The fourth-order valence-electron chi connectivity index (χ4n) is 2.63. The van der Waals surface area contributed by atoms with E-state index in [2.05, 4.69) is 15.8 Å². The number of nitro groups is 1. The number of aryl methyl sites for hydroxylation is 2. The van der Waals surface area contributed by atoms with Gasteiger partial charge in [-0.15, -0.1) is 0 Å². The van der Waals surface area contributed by atoms with Gasteiger partial charge in [-0.3, -0.25) is 15.5 Å². The summed E-state index contributed by atoms with van der Waals surface area (Å²) in [5, 5.41) is 18.3. The molecule has 0 saturated heterocycles. The van der Waals surface area contributed by atoms with Crippen molar-refractivity contribution in [3.63, 3.8) is 0 Å². The highest BCUT2D eigenvalue weighted by Crippen LogP contribution is 2.24. The van der Waals surface area contributed by atoms with Crippen LogP contribution < -0.4 is 10.7 Å². The number of hydrogen-bond acceptors (Lipinski definition) is 5. The first-order valence-corrected chi connectivity index (χ1v) is 8.86. The lowest BCUT2D eigenvalue weighted by Crippen LogP contribution is -2.24. The molecule has 3 aromatic rings. The van der Waals surface area contributed by atoms with Crippen molar-refractivity contribution in [3.05, 3.63) is 81.6 Å². The number of furan rings is 1. The van der Waals surface area contributed by atoms with Gasteiger partial charge in [0.25, 0.3) is 5.69 Å². The zero-order chi connectivity index (χ0) is 20.1. The van der Waals surface area contributed by atoms with Crippen LogP contribution in [0.1, 0.15) is 16.9 Å². The molecule has 0 bridgehead atoms. The highest BCUT2D eigenvalue weighted by molar-refractivity contribution is 7.80. The molecule has 0 fully saturated rings. The van der Waals surface area contributed by atoms with Crippen molar-refractivity contribution in [2.75, 3.05) is 5.32 Å². The second-order valence-corrected chi connectivity index (χ2v) is 6.51. The minimum absolute atomic E-state index is 0.0335. The maximum atomic E-state index is 10.7. The van der Waals surface area contributed by atoms with E-state index in [4.69, 9.17) is 16.6 Å². The SMILES string of the molecule is Cc1cccc(C)c1NC(=S)N/N=C/c1ccc(-c2ccc([N+](=O)[O-])cc2)o1. The Morgan fingerprint density at radius 3 is 2.43 bits per heavy atom. The molecule has 1 heterocycles. The molecule has 0 aliphatic carbocycles. The van der Waals surface area contributed by atoms with Crippen molar-refractivity contribution in [1.29, 1.82) is 0 Å². The Bertz CT molecular complexity index is 1020. The van der Waals surface area contributed by atoms with E-state index in [-0.39, 0.29) is 5.69 Å². The molecule has 0 atom stereocenters. The van der Waals surface area contributed by atoms with Crippen molar-refractivity contribution in [2.45, 2.75) is 13.8 Å². The lowest BCUT2D eigenvalue weighted by Gasteiger charge is -2.12. The molecule has 0 aliphatic heterocycles. The number of benzene rings is 2. The fourth-order valence-corrected chi connectivity index (χ4v) is 2.79. The van der Waals surface area contributed by atoms with Crippen LogP contribution in [0.5, 0.6) is 0 Å². The number of non-ortho nitro benzene ring substituents is 1. The lowest BCUT2D eigenvalue weighted by atomic mass is 10.1. The van der Waals surface area contributed by atoms with E-state index >= 15 is 0 Å². The van der Waals surface area contributed by atoms with Crippen molar-refractivity contribution in [3.8, 4) is 11.3 Å². The summed E-state index contributed by atoms with van der Waals surface area (Å²) < 4.78 is 5.69. The van der Waals surface area contributed by atoms with Crippen molar-refractivity contribution < 1.29 is 9.34 Å². The minimum atomic E-state index is -0.439. The van der Waals surface area contributed by atoms with Crippen LogP contribution in [0.15, 0.2) is 64.1 Å². The van der Waals surface area contributed by atoms with E-state index in [1.54, 1.807) is 24.3 Å². The third-order valence-corrected chi connectivity index (χ3v) is 4.26. The molecular weight excluding hydrogens is 376 g/mol. The van der Waals surface area contributed by atoms with E-state index in [0.29, 0.717) is 16.6 Å². The average Bonchev–Trinajstić information content (AvgIpc) is 3.14. The average molecular weight is 394 g/mol. The van der Waals surface area contributed by atoms with Crippen molar-refractivity contribution >= 4 is 34.9 Å². The van der Waals surface area contributed by atoms with Gasteiger partial charge in [0.05, 0.1) is 11.1 Å². The van der Waals surface area contributed by atoms with E-state index in [0.717, 1.165) is 22.4 Å². The molecule has 0 radical (unpaired) electrons. The van der Waals surface area contributed by atoms with Gasteiger partial charge < -0.3 is 9.73 Å². The molecule has 0 aliphatic rings. The lowest BCUT2D eigenvalue weighted by molar-refractivity contribution is -0.384. The molecule has 142 valence electrons. The summed E-state index contributed by atoms with van der Waals surface area (Å²) in [4.78, 5) is 10.3. The Morgan fingerprint density at radius 2 is 1.79 bits per heavy atom. The van der Waals surface area contributed by atoms with Gasteiger partial charge in [-0.25, -0.2) is 0 Å². The molecule has 28 heavy (non-hydrogen) atoms. The van der Waals surface area contributed by atoms with Gasteiger partial charge in [0.1, 0.15) is 11.5 Å². The summed E-state index contributed by atoms with van der Waals surface area (Å²) in [7, 11) is 0. The van der Waals surface area contributed by atoms with Gasteiger partial charge in [0.15, 0.2) is 5.11 Å². The molecule has 1 aromatic heterocycles. The third kappa shape index (κ3) is 4.60. The van der Waals surface area contributed by atoms with Gasteiger partial charge in [0, 0.05) is 23.4 Å². The second-order valence-electron chi connectivity index (χ2n) is 6.10. The second kappa shape index (κ2) is 8.45. The van der Waals surface area contributed by atoms with Gasteiger partial charge in [-0.05, 0) is 61.5 Å².